The van der Waals surface area contributed by atoms with Crippen LogP contribution in [-0.2, 0) is 10.0 Å². The van der Waals surface area contributed by atoms with Gasteiger partial charge in [-0.05, 0) is 122 Å². The van der Waals surface area contributed by atoms with Gasteiger partial charge in [-0.1, -0.05) is 34.1 Å². The van der Waals surface area contributed by atoms with Gasteiger partial charge in [0.05, 0.1) is 17.1 Å². The van der Waals surface area contributed by atoms with Crippen molar-refractivity contribution in [1.29, 1.82) is 0 Å². The Hall–Kier alpha value is -1.47. The smallest absolute Gasteiger partial charge is 0.406 e. The maximum atomic E-state index is 15.6. The van der Waals surface area contributed by atoms with E-state index in [1.54, 1.807) is 0 Å². The molecular formula is C33H49F4NO6S. The Labute approximate surface area is 264 Å². The van der Waals surface area contributed by atoms with Crippen molar-refractivity contribution >= 4 is 10.0 Å². The summed E-state index contributed by atoms with van der Waals surface area (Å²) in [5.41, 5.74) is -0.307. The lowest BCUT2D eigenvalue weighted by atomic mass is 9.41. The minimum absolute atomic E-state index is 0.0446. The Morgan fingerprint density at radius 3 is 2.24 bits per heavy atom. The molecule has 1 unspecified atom stereocenters. The molecule has 0 spiro atoms. The molecule has 1 aromatic carbocycles. The number of halogens is 4. The minimum atomic E-state index is -4.89. The molecule has 0 radical (unpaired) electrons. The number of nitrogens with one attached hydrogen (secondary N) is 1. The average Bonchev–Trinajstić information content (AvgIpc) is 3.31. The standard InChI is InChI=1S/C33H49F4NO6S/c1-5-21-28-29(34)25(39)15-17-32(28,4)24-14-16-31(3)22(11-12-23(31)27(24)30(21)41)18(2)6-13-26(40)38-45(42,43)20-9-7-19(8-10-20)44-33(35,36)37/h7-10,18,21-30,38-41H,5-6,11-17H2,1-4H3/t18-,21-,22-,23-,24+,25-,26?,27+,28-,29+,30-,31-,32-/m1/s1. The van der Waals surface area contributed by atoms with E-state index in [1.807, 2.05) is 6.92 Å². The van der Waals surface area contributed by atoms with Crippen molar-refractivity contribution in [2.24, 2.45) is 52.3 Å². The van der Waals surface area contributed by atoms with Crippen molar-refractivity contribution in [3.05, 3.63) is 24.3 Å². The van der Waals surface area contributed by atoms with E-state index < -0.39 is 46.7 Å². The van der Waals surface area contributed by atoms with E-state index in [4.69, 9.17) is 0 Å². The molecule has 4 fully saturated rings. The first kappa shape index (κ1) is 34.9. The zero-order chi connectivity index (χ0) is 33.1. The van der Waals surface area contributed by atoms with Gasteiger partial charge in [-0.25, -0.2) is 12.8 Å². The first-order valence-corrected chi connectivity index (χ1v) is 18.0. The van der Waals surface area contributed by atoms with Gasteiger partial charge in [0.25, 0.3) is 0 Å². The lowest BCUT2D eigenvalue weighted by Crippen LogP contribution is -2.65. The van der Waals surface area contributed by atoms with E-state index in [9.17, 15) is 36.9 Å². The topological polar surface area (TPSA) is 116 Å². The Morgan fingerprint density at radius 1 is 1.00 bits per heavy atom. The monoisotopic (exact) mass is 663 g/mol. The number of ether oxygens (including phenoxy) is 1. The highest BCUT2D eigenvalue weighted by molar-refractivity contribution is 7.89. The Morgan fingerprint density at radius 2 is 1.62 bits per heavy atom. The van der Waals surface area contributed by atoms with Crippen LogP contribution in [0.1, 0.15) is 85.5 Å². The van der Waals surface area contributed by atoms with Crippen LogP contribution in [0.2, 0.25) is 0 Å². The molecule has 5 rings (SSSR count). The maximum Gasteiger partial charge on any atom is 0.573 e. The molecule has 0 saturated heterocycles. The van der Waals surface area contributed by atoms with Crippen molar-refractivity contribution < 1.29 is 46.0 Å². The van der Waals surface area contributed by atoms with Gasteiger partial charge >= 0.3 is 6.36 Å². The Bertz CT molecular complexity index is 1300. The summed E-state index contributed by atoms with van der Waals surface area (Å²) >= 11 is 0. The fraction of sp³-hybridized carbons (Fsp3) is 0.818. The summed E-state index contributed by atoms with van der Waals surface area (Å²) in [4.78, 5) is -0.286. The number of rotatable bonds is 9. The van der Waals surface area contributed by atoms with E-state index in [-0.39, 0.29) is 57.7 Å². The molecule has 12 heteroatoms. The summed E-state index contributed by atoms with van der Waals surface area (Å²) in [7, 11) is -4.18. The van der Waals surface area contributed by atoms with Crippen LogP contribution in [0.5, 0.6) is 5.75 Å². The van der Waals surface area contributed by atoms with Gasteiger partial charge in [0, 0.05) is 5.92 Å². The van der Waals surface area contributed by atoms with Gasteiger partial charge < -0.3 is 20.1 Å². The van der Waals surface area contributed by atoms with Crippen LogP contribution in [0.3, 0.4) is 0 Å². The van der Waals surface area contributed by atoms with Crippen molar-refractivity contribution in [2.75, 3.05) is 0 Å². The molecule has 45 heavy (non-hydrogen) atoms. The number of aliphatic hydroxyl groups excluding tert-OH is 3. The number of alkyl halides is 4. The van der Waals surface area contributed by atoms with Crippen LogP contribution < -0.4 is 9.46 Å². The molecule has 4 saturated carbocycles. The first-order chi connectivity index (χ1) is 20.9. The van der Waals surface area contributed by atoms with Gasteiger partial charge in [-0.15, -0.1) is 13.2 Å². The third-order valence-electron chi connectivity index (χ3n) is 12.7. The summed E-state index contributed by atoms with van der Waals surface area (Å²) in [6, 6.07) is 3.79. The summed E-state index contributed by atoms with van der Waals surface area (Å²) < 4.78 is 84.4. The summed E-state index contributed by atoms with van der Waals surface area (Å²) in [5, 5.41) is 32.9. The fourth-order valence-corrected chi connectivity index (χ4v) is 11.8. The largest absolute Gasteiger partial charge is 0.573 e. The summed E-state index contributed by atoms with van der Waals surface area (Å²) in [5.74, 6) is -0.0614. The first-order valence-electron chi connectivity index (χ1n) is 16.5. The van der Waals surface area contributed by atoms with Crippen molar-refractivity contribution in [3.63, 3.8) is 0 Å². The molecule has 0 aliphatic heterocycles. The fourth-order valence-electron chi connectivity index (χ4n) is 10.7. The van der Waals surface area contributed by atoms with Crippen LogP contribution in [-0.4, -0.2) is 54.7 Å². The van der Waals surface area contributed by atoms with E-state index in [0.29, 0.717) is 25.2 Å². The van der Waals surface area contributed by atoms with Crippen LogP contribution in [0.4, 0.5) is 17.6 Å². The third-order valence-corrected chi connectivity index (χ3v) is 14.2. The second-order valence-electron chi connectivity index (χ2n) is 14.9. The number of benzene rings is 1. The second-order valence-corrected chi connectivity index (χ2v) is 16.6. The lowest BCUT2D eigenvalue weighted by molar-refractivity contribution is -0.274. The van der Waals surface area contributed by atoms with Crippen LogP contribution in [0.25, 0.3) is 0 Å². The number of hydrogen-bond acceptors (Lipinski definition) is 6. The molecule has 7 nitrogen and oxygen atoms in total. The predicted octanol–water partition coefficient (Wildman–Crippen LogP) is 6.17. The van der Waals surface area contributed by atoms with Crippen molar-refractivity contribution in [2.45, 2.75) is 121 Å². The normalized spacial score (nSPS) is 41.4. The zero-order valence-corrected chi connectivity index (χ0v) is 27.3. The number of aliphatic hydroxyl groups is 3. The molecule has 1 aromatic rings. The van der Waals surface area contributed by atoms with Gasteiger partial charge in [0.15, 0.2) is 0 Å². The molecule has 13 atom stereocenters. The molecule has 4 N–H and O–H groups in total. The van der Waals surface area contributed by atoms with Crippen LogP contribution in [0, 0.1) is 52.3 Å². The summed E-state index contributed by atoms with van der Waals surface area (Å²) in [6.07, 6.45) is -2.76. The molecule has 256 valence electrons. The average molecular weight is 664 g/mol. The minimum Gasteiger partial charge on any atom is -0.406 e. The molecule has 0 bridgehead atoms. The van der Waals surface area contributed by atoms with Gasteiger partial charge in [0.2, 0.25) is 10.0 Å². The molecule has 4 aliphatic carbocycles. The quantitative estimate of drug-likeness (QED) is 0.186. The van der Waals surface area contributed by atoms with E-state index >= 15 is 4.39 Å². The van der Waals surface area contributed by atoms with E-state index in [0.717, 1.165) is 56.4 Å². The second kappa shape index (κ2) is 12.5. The Kier molecular flexibility index (Phi) is 9.70. The van der Waals surface area contributed by atoms with Crippen molar-refractivity contribution in [3.8, 4) is 5.75 Å². The molecule has 0 aromatic heterocycles. The third kappa shape index (κ3) is 6.39. The van der Waals surface area contributed by atoms with E-state index in [2.05, 4.69) is 30.2 Å². The number of hydrogen-bond donors (Lipinski definition) is 4. The highest BCUT2D eigenvalue weighted by Gasteiger charge is 2.66. The van der Waals surface area contributed by atoms with Crippen LogP contribution in [0.15, 0.2) is 29.2 Å². The van der Waals surface area contributed by atoms with Gasteiger partial charge in [-0.3, -0.25) is 0 Å². The SMILES string of the molecule is CC[C@H]1[C@@H](O)[C@H]2[C@H]3CC[C@H]([C@H](C)CCC(O)NS(=O)(=O)c4ccc(OC(F)(F)F)cc4)[C@@]3(C)CC[C@@H]2[C@@]2(C)CC[C@@H](O)[C@H](F)[C@@H]12. The number of sulfonamides is 1. The van der Waals surface area contributed by atoms with Gasteiger partial charge in [0.1, 0.15) is 18.1 Å². The van der Waals surface area contributed by atoms with Crippen LogP contribution >= 0.6 is 0 Å². The molecule has 4 aliphatic rings. The molecular weight excluding hydrogens is 614 g/mol. The van der Waals surface area contributed by atoms with E-state index in [1.165, 1.54) is 0 Å². The highest BCUT2D eigenvalue weighted by atomic mass is 32.2. The van der Waals surface area contributed by atoms with Gasteiger partial charge in [-0.2, -0.15) is 4.72 Å². The molecule has 0 amide bonds. The Balaban J connectivity index is 1.23. The number of fused-ring (bicyclic) bond motifs is 5. The zero-order valence-electron chi connectivity index (χ0n) is 26.5. The lowest BCUT2D eigenvalue weighted by Gasteiger charge is -2.65. The highest BCUT2D eigenvalue weighted by Crippen LogP contribution is 2.69. The predicted molar refractivity (Wildman–Crippen MR) is 160 cm³/mol. The summed E-state index contributed by atoms with van der Waals surface area (Å²) in [6.45, 7) is 8.66. The maximum absolute atomic E-state index is 15.6. The van der Waals surface area contributed by atoms with Crippen molar-refractivity contribution in [1.82, 2.24) is 4.72 Å². The molecule has 0 heterocycles.